The first kappa shape index (κ1) is 22.1. The van der Waals surface area contributed by atoms with Gasteiger partial charge in [-0.15, -0.1) is 0 Å². The van der Waals surface area contributed by atoms with E-state index in [0.29, 0.717) is 0 Å². The first-order valence-corrected chi connectivity index (χ1v) is 11.8. The van der Waals surface area contributed by atoms with Crippen LogP contribution in [0.4, 0.5) is 0 Å². The van der Waals surface area contributed by atoms with Crippen LogP contribution in [0.15, 0.2) is 86.2 Å². The third kappa shape index (κ3) is 4.86. The molecule has 31 heavy (non-hydrogen) atoms. The third-order valence-corrected chi connectivity index (χ3v) is 6.74. The van der Waals surface area contributed by atoms with Crippen molar-refractivity contribution in [2.75, 3.05) is 14.2 Å². The minimum absolute atomic E-state index is 0.764. The highest BCUT2D eigenvalue weighted by molar-refractivity contribution is 9.11. The maximum atomic E-state index is 5.50. The Morgan fingerprint density at radius 1 is 0.548 bits per heavy atom. The van der Waals surface area contributed by atoms with Crippen molar-refractivity contribution in [1.82, 2.24) is 4.98 Å². The van der Waals surface area contributed by atoms with E-state index in [1.54, 1.807) is 14.2 Å². The summed E-state index contributed by atoms with van der Waals surface area (Å²) in [5.41, 5.74) is 5.87. The molecule has 4 rings (SSSR count). The maximum absolute atomic E-state index is 5.50. The van der Waals surface area contributed by atoms with Gasteiger partial charge in [0, 0.05) is 15.6 Å². The second kappa shape index (κ2) is 9.55. The molecule has 3 nitrogen and oxygen atoms in total. The van der Waals surface area contributed by atoms with Crippen molar-refractivity contribution in [2.24, 2.45) is 0 Å². The molecule has 0 aliphatic carbocycles. The Bertz CT molecular complexity index is 1170. The van der Waals surface area contributed by atoms with Gasteiger partial charge in [-0.2, -0.15) is 0 Å². The molecule has 0 aliphatic heterocycles. The number of hydrogen-bond acceptors (Lipinski definition) is 3. The van der Waals surface area contributed by atoms with Crippen molar-refractivity contribution in [3.05, 3.63) is 86.2 Å². The molecule has 1 heterocycles. The van der Waals surface area contributed by atoms with Gasteiger partial charge in [-0.05, 0) is 91.5 Å². The van der Waals surface area contributed by atoms with E-state index in [1.807, 2.05) is 42.5 Å². The van der Waals surface area contributed by atoms with Gasteiger partial charge >= 0.3 is 0 Å². The summed E-state index contributed by atoms with van der Waals surface area (Å²) in [6.07, 6.45) is 0. The van der Waals surface area contributed by atoms with Crippen LogP contribution >= 0.6 is 47.8 Å². The largest absolute Gasteiger partial charge is 0.496 e. The number of ether oxygens (including phenoxy) is 2. The number of methoxy groups -OCH3 is 2. The lowest BCUT2D eigenvalue weighted by Gasteiger charge is -2.13. The molecule has 156 valence electrons. The van der Waals surface area contributed by atoms with Gasteiger partial charge in [-0.25, -0.2) is 4.98 Å². The van der Waals surface area contributed by atoms with Crippen LogP contribution in [0.2, 0.25) is 0 Å². The van der Waals surface area contributed by atoms with Crippen molar-refractivity contribution in [3.8, 4) is 45.1 Å². The Hall–Kier alpha value is -2.15. The lowest BCUT2D eigenvalue weighted by molar-refractivity contribution is 0.412. The first-order chi connectivity index (χ1) is 15.0. The lowest BCUT2D eigenvalue weighted by atomic mass is 9.99. The number of hydrogen-bond donors (Lipinski definition) is 0. The molecule has 0 saturated heterocycles. The minimum Gasteiger partial charge on any atom is -0.496 e. The number of benzene rings is 3. The molecule has 0 saturated carbocycles. The molecular formula is C25H18Br3NO2. The summed E-state index contributed by atoms with van der Waals surface area (Å²) in [5.74, 6) is 1.55. The summed E-state index contributed by atoms with van der Waals surface area (Å²) in [4.78, 5) is 4.97. The summed E-state index contributed by atoms with van der Waals surface area (Å²) >= 11 is 10.6. The van der Waals surface area contributed by atoms with Crippen LogP contribution < -0.4 is 9.47 Å². The zero-order chi connectivity index (χ0) is 22.0. The SMILES string of the molecule is COc1cc(-c2cc(-c3ccc(Br)cc3)nc(-c3ccc(Br)c(OC)c3)c2)ccc1Br. The van der Waals surface area contributed by atoms with Crippen molar-refractivity contribution < 1.29 is 9.47 Å². The number of pyridine rings is 1. The maximum Gasteiger partial charge on any atom is 0.133 e. The average molecular weight is 604 g/mol. The Morgan fingerprint density at radius 2 is 1.03 bits per heavy atom. The molecule has 0 unspecified atom stereocenters. The van der Waals surface area contributed by atoms with Crippen molar-refractivity contribution >= 4 is 47.8 Å². The molecule has 0 aliphatic rings. The van der Waals surface area contributed by atoms with Gasteiger partial charge in [0.2, 0.25) is 0 Å². The topological polar surface area (TPSA) is 31.4 Å². The summed E-state index contributed by atoms with van der Waals surface area (Å²) in [6, 6.07) is 24.4. The Labute approximate surface area is 206 Å². The summed E-state index contributed by atoms with van der Waals surface area (Å²) in [6.45, 7) is 0. The van der Waals surface area contributed by atoms with Gasteiger partial charge in [-0.1, -0.05) is 40.2 Å². The molecule has 0 amide bonds. The molecule has 0 spiro atoms. The van der Waals surface area contributed by atoms with Gasteiger partial charge in [0.05, 0.1) is 34.6 Å². The van der Waals surface area contributed by atoms with Gasteiger partial charge < -0.3 is 9.47 Å². The van der Waals surface area contributed by atoms with Gasteiger partial charge in [-0.3, -0.25) is 0 Å². The van der Waals surface area contributed by atoms with Crippen LogP contribution in [-0.4, -0.2) is 19.2 Å². The number of halogens is 3. The summed E-state index contributed by atoms with van der Waals surface area (Å²) in [7, 11) is 3.33. The van der Waals surface area contributed by atoms with E-state index in [9.17, 15) is 0 Å². The van der Waals surface area contributed by atoms with Gasteiger partial charge in [0.15, 0.2) is 0 Å². The average Bonchev–Trinajstić information content (AvgIpc) is 2.80. The van der Waals surface area contributed by atoms with Crippen LogP contribution in [0, 0.1) is 0 Å². The smallest absolute Gasteiger partial charge is 0.133 e. The minimum atomic E-state index is 0.764. The second-order valence-electron chi connectivity index (χ2n) is 6.83. The normalized spacial score (nSPS) is 10.7. The van der Waals surface area contributed by atoms with Gasteiger partial charge in [0.1, 0.15) is 11.5 Å². The predicted octanol–water partition coefficient (Wildman–Crippen LogP) is 8.39. The van der Waals surface area contributed by atoms with Crippen molar-refractivity contribution in [3.63, 3.8) is 0 Å². The molecule has 0 N–H and O–H groups in total. The summed E-state index contributed by atoms with van der Waals surface area (Å²) < 4.78 is 13.8. The molecule has 1 aromatic heterocycles. The molecular weight excluding hydrogens is 586 g/mol. The van der Waals surface area contributed by atoms with E-state index in [0.717, 1.165) is 58.6 Å². The zero-order valence-corrected chi connectivity index (χ0v) is 21.6. The monoisotopic (exact) mass is 601 g/mol. The van der Waals surface area contributed by atoms with Crippen LogP contribution in [-0.2, 0) is 0 Å². The number of nitrogens with zero attached hydrogens (tertiary/aromatic N) is 1. The first-order valence-electron chi connectivity index (χ1n) is 9.44. The highest BCUT2D eigenvalue weighted by atomic mass is 79.9. The highest BCUT2D eigenvalue weighted by Crippen LogP contribution is 2.36. The van der Waals surface area contributed by atoms with Gasteiger partial charge in [0.25, 0.3) is 0 Å². The van der Waals surface area contributed by atoms with Crippen LogP contribution in [0.25, 0.3) is 33.6 Å². The van der Waals surface area contributed by atoms with Crippen LogP contribution in [0.5, 0.6) is 11.5 Å². The molecule has 0 fully saturated rings. The van der Waals surface area contributed by atoms with E-state index in [1.165, 1.54) is 0 Å². The van der Waals surface area contributed by atoms with Crippen LogP contribution in [0.3, 0.4) is 0 Å². The Balaban J connectivity index is 1.92. The fourth-order valence-electron chi connectivity index (χ4n) is 3.27. The Kier molecular flexibility index (Phi) is 6.80. The summed E-state index contributed by atoms with van der Waals surface area (Å²) in [5, 5.41) is 0. The molecule has 3 aromatic carbocycles. The predicted molar refractivity (Wildman–Crippen MR) is 137 cm³/mol. The fraction of sp³-hybridized carbons (Fsp3) is 0.0800. The van der Waals surface area contributed by atoms with E-state index in [2.05, 4.69) is 78.1 Å². The van der Waals surface area contributed by atoms with Crippen molar-refractivity contribution in [1.29, 1.82) is 0 Å². The third-order valence-electron chi connectivity index (χ3n) is 4.90. The van der Waals surface area contributed by atoms with Crippen LogP contribution in [0.1, 0.15) is 0 Å². The lowest BCUT2D eigenvalue weighted by Crippen LogP contribution is -1.93. The zero-order valence-electron chi connectivity index (χ0n) is 16.8. The second-order valence-corrected chi connectivity index (χ2v) is 9.46. The fourth-order valence-corrected chi connectivity index (χ4v) is 4.35. The quantitative estimate of drug-likeness (QED) is 0.230. The number of rotatable bonds is 5. The van der Waals surface area contributed by atoms with E-state index >= 15 is 0 Å². The molecule has 4 aromatic rings. The van der Waals surface area contributed by atoms with E-state index in [-0.39, 0.29) is 0 Å². The molecule has 0 bridgehead atoms. The van der Waals surface area contributed by atoms with E-state index < -0.39 is 0 Å². The Morgan fingerprint density at radius 3 is 1.61 bits per heavy atom. The van der Waals surface area contributed by atoms with Crippen molar-refractivity contribution in [2.45, 2.75) is 0 Å². The molecule has 6 heteroatoms. The number of aromatic nitrogens is 1. The molecule has 0 radical (unpaired) electrons. The highest BCUT2D eigenvalue weighted by Gasteiger charge is 2.12. The van der Waals surface area contributed by atoms with E-state index in [4.69, 9.17) is 14.5 Å². The standard InChI is InChI=1S/C25H18Br3NO2/c1-30-24-13-16(5-9-20(24)27)18-11-22(15-3-7-19(26)8-4-15)29-23(12-18)17-6-10-21(28)25(14-17)31-2/h3-14H,1-2H3. The molecule has 0 atom stereocenters.